The highest BCUT2D eigenvalue weighted by atomic mass is 16.4. The maximum atomic E-state index is 10.3. The van der Waals surface area contributed by atoms with Gasteiger partial charge in [-0.1, -0.05) is 12.1 Å². The lowest BCUT2D eigenvalue weighted by Gasteiger charge is -1.95. The van der Waals surface area contributed by atoms with E-state index in [9.17, 15) is 4.79 Å². The third kappa shape index (κ3) is 4.78. The lowest BCUT2D eigenvalue weighted by molar-refractivity contribution is 0.0693. The number of hydrogen-bond acceptors (Lipinski definition) is 4. The Morgan fingerprint density at radius 2 is 1.00 bits per heavy atom. The molecule has 3 aromatic heterocycles. The lowest BCUT2D eigenvalue weighted by atomic mass is 10.2. The van der Waals surface area contributed by atoms with Crippen LogP contribution >= 0.6 is 0 Å². The Kier molecular flexibility index (Phi) is 5.50. The Hall–Kier alpha value is -4.91. The first-order valence-corrected chi connectivity index (χ1v) is 10.6. The van der Waals surface area contributed by atoms with Crippen molar-refractivity contribution in [3.05, 3.63) is 101 Å². The second-order valence-electron chi connectivity index (χ2n) is 7.73. The molecule has 4 N–H and O–H groups in total. The maximum absolute atomic E-state index is 10.3. The number of nitrogens with one attached hydrogen (secondary N) is 2. The van der Waals surface area contributed by atoms with Crippen molar-refractivity contribution in [1.82, 2.24) is 19.9 Å². The number of carboxylic acid groups (broad SMARTS) is 1. The standard InChI is InChI=1S/C20H14N4.C7H6O3/c1-2-14-10-16-5-6-18(23-16)12-20-8-7-19(24-20)11-17-4-3-15(22-17)9-13(1)21-14;8-6-4-2-1-3-5(6)7(9)10/h1-12,21,24H;1-4,8H,(H,9,10). The van der Waals surface area contributed by atoms with Crippen LogP contribution in [0.2, 0.25) is 0 Å². The number of aromatic carboxylic acids is 1. The first kappa shape index (κ1) is 21.0. The van der Waals surface area contributed by atoms with Gasteiger partial charge in [0.1, 0.15) is 11.3 Å². The molecule has 0 amide bonds. The first-order valence-electron chi connectivity index (χ1n) is 10.6. The van der Waals surface area contributed by atoms with E-state index >= 15 is 0 Å². The molecule has 166 valence electrons. The average molecular weight is 448 g/mol. The number of nitrogens with zero attached hydrogens (tertiary/aromatic N) is 2. The molecule has 0 fully saturated rings. The predicted octanol–water partition coefficient (Wildman–Crippen LogP) is 5.75. The molecule has 2 aliphatic rings. The number of benzene rings is 1. The summed E-state index contributed by atoms with van der Waals surface area (Å²) in [6.07, 6.45) is 8.09. The molecule has 0 unspecified atom stereocenters. The first-order chi connectivity index (χ1) is 16.5. The minimum absolute atomic E-state index is 0.0671. The Balaban J connectivity index is 0.000000204. The van der Waals surface area contributed by atoms with Gasteiger partial charge < -0.3 is 20.2 Å². The minimum atomic E-state index is -1.11. The van der Waals surface area contributed by atoms with Crippen LogP contribution in [0.25, 0.3) is 46.4 Å². The van der Waals surface area contributed by atoms with Crippen molar-refractivity contribution in [3.63, 3.8) is 0 Å². The van der Waals surface area contributed by atoms with Gasteiger partial charge in [-0.3, -0.25) is 0 Å². The second-order valence-corrected chi connectivity index (χ2v) is 7.73. The highest BCUT2D eigenvalue weighted by Crippen LogP contribution is 2.17. The molecular formula is C27H20N4O3. The van der Waals surface area contributed by atoms with Gasteiger partial charge in [-0.2, -0.15) is 0 Å². The number of aromatic nitrogens is 4. The van der Waals surface area contributed by atoms with Crippen molar-refractivity contribution < 1.29 is 15.0 Å². The van der Waals surface area contributed by atoms with Crippen LogP contribution in [0.15, 0.2) is 72.8 Å². The molecule has 2 aliphatic heterocycles. The Morgan fingerprint density at radius 1 is 0.618 bits per heavy atom. The number of H-pyrrole nitrogens is 2. The fraction of sp³-hybridized carbons (Fsp3) is 0. The summed E-state index contributed by atoms with van der Waals surface area (Å²) in [5, 5.41) is 17.3. The molecule has 0 radical (unpaired) electrons. The molecule has 7 nitrogen and oxygen atoms in total. The topological polar surface area (TPSA) is 115 Å². The van der Waals surface area contributed by atoms with E-state index in [4.69, 9.17) is 10.2 Å². The van der Waals surface area contributed by atoms with Crippen molar-refractivity contribution >= 4 is 52.3 Å². The number of aromatic hydroxyl groups is 1. The molecule has 0 saturated carbocycles. The van der Waals surface area contributed by atoms with Crippen LogP contribution in [0.5, 0.6) is 5.75 Å². The Labute approximate surface area is 194 Å². The highest BCUT2D eigenvalue weighted by Gasteiger charge is 2.05. The van der Waals surface area contributed by atoms with Gasteiger partial charge in [-0.25, -0.2) is 14.8 Å². The minimum Gasteiger partial charge on any atom is -0.507 e. The molecule has 8 bridgehead atoms. The quantitative estimate of drug-likeness (QED) is 0.256. The van der Waals surface area contributed by atoms with Crippen LogP contribution in [0.4, 0.5) is 0 Å². The summed E-state index contributed by atoms with van der Waals surface area (Å²) >= 11 is 0. The van der Waals surface area contributed by atoms with Gasteiger partial charge in [-0.15, -0.1) is 0 Å². The molecule has 5 heterocycles. The normalized spacial score (nSPS) is 11.6. The summed E-state index contributed by atoms with van der Waals surface area (Å²) < 4.78 is 0. The van der Waals surface area contributed by atoms with Crippen molar-refractivity contribution in [3.8, 4) is 5.75 Å². The number of fused-ring (bicyclic) bond motifs is 8. The van der Waals surface area contributed by atoms with Gasteiger partial charge in [0.25, 0.3) is 0 Å². The van der Waals surface area contributed by atoms with Gasteiger partial charge in [0.05, 0.1) is 22.8 Å². The Morgan fingerprint density at radius 3 is 1.32 bits per heavy atom. The van der Waals surface area contributed by atoms with Crippen LogP contribution < -0.4 is 0 Å². The fourth-order valence-electron chi connectivity index (χ4n) is 3.60. The smallest absolute Gasteiger partial charge is 0.339 e. The summed E-state index contributed by atoms with van der Waals surface area (Å²) in [5.74, 6) is -1.31. The molecule has 0 aliphatic carbocycles. The van der Waals surface area contributed by atoms with Gasteiger partial charge >= 0.3 is 5.97 Å². The monoisotopic (exact) mass is 448 g/mol. The maximum Gasteiger partial charge on any atom is 0.339 e. The van der Waals surface area contributed by atoms with Crippen LogP contribution in [0, 0.1) is 0 Å². The van der Waals surface area contributed by atoms with Gasteiger partial charge in [-0.05, 0) is 85.0 Å². The molecule has 0 saturated heterocycles. The zero-order valence-corrected chi connectivity index (χ0v) is 17.9. The van der Waals surface area contributed by atoms with Crippen molar-refractivity contribution in [1.29, 1.82) is 0 Å². The summed E-state index contributed by atoms with van der Waals surface area (Å²) in [7, 11) is 0. The number of carboxylic acids is 1. The number of phenols is 1. The largest absolute Gasteiger partial charge is 0.507 e. The molecule has 7 heteroatoms. The second kappa shape index (κ2) is 8.91. The summed E-state index contributed by atoms with van der Waals surface area (Å²) in [4.78, 5) is 26.3. The number of aromatic amines is 2. The number of hydrogen-bond donors (Lipinski definition) is 4. The van der Waals surface area contributed by atoms with Crippen LogP contribution in [-0.4, -0.2) is 36.1 Å². The van der Waals surface area contributed by atoms with Crippen molar-refractivity contribution in [2.45, 2.75) is 0 Å². The van der Waals surface area contributed by atoms with E-state index in [1.54, 1.807) is 12.1 Å². The van der Waals surface area contributed by atoms with E-state index in [1.807, 2.05) is 48.6 Å². The van der Waals surface area contributed by atoms with E-state index in [1.165, 1.54) is 12.1 Å². The zero-order chi connectivity index (χ0) is 23.5. The van der Waals surface area contributed by atoms with Gasteiger partial charge in [0.15, 0.2) is 0 Å². The zero-order valence-electron chi connectivity index (χ0n) is 17.9. The van der Waals surface area contributed by atoms with E-state index in [2.05, 4.69) is 44.2 Å². The molecule has 1 aromatic carbocycles. The molecule has 0 spiro atoms. The summed E-state index contributed by atoms with van der Waals surface area (Å²) in [6, 6.07) is 22.2. The van der Waals surface area contributed by atoms with Gasteiger partial charge in [0, 0.05) is 22.1 Å². The Bertz CT molecular complexity index is 1430. The summed E-state index contributed by atoms with van der Waals surface area (Å²) in [5.41, 5.74) is 7.79. The highest BCUT2D eigenvalue weighted by molar-refractivity contribution is 5.90. The molecule has 0 atom stereocenters. The van der Waals surface area contributed by atoms with E-state index in [0.29, 0.717) is 0 Å². The lowest BCUT2D eigenvalue weighted by Crippen LogP contribution is -1.95. The molecule has 4 aromatic rings. The van der Waals surface area contributed by atoms with E-state index in [0.717, 1.165) is 44.8 Å². The number of para-hydroxylation sites is 1. The molecular weight excluding hydrogens is 428 g/mol. The van der Waals surface area contributed by atoms with Crippen LogP contribution in [-0.2, 0) is 0 Å². The average Bonchev–Trinajstić information content (AvgIpc) is 3.60. The van der Waals surface area contributed by atoms with E-state index in [-0.39, 0.29) is 11.3 Å². The SMILES string of the molecule is C1=Cc2cc3ccc(cc4nc(cc5ccc(cc1n2)[nH]5)C=C4)[nH]3.O=C(O)c1ccccc1O. The number of rotatable bonds is 1. The third-order valence-electron chi connectivity index (χ3n) is 5.18. The van der Waals surface area contributed by atoms with Crippen LogP contribution in [0.3, 0.4) is 0 Å². The predicted molar refractivity (Wildman–Crippen MR) is 134 cm³/mol. The van der Waals surface area contributed by atoms with E-state index < -0.39 is 5.97 Å². The summed E-state index contributed by atoms with van der Waals surface area (Å²) in [6.45, 7) is 0. The third-order valence-corrected chi connectivity index (χ3v) is 5.18. The van der Waals surface area contributed by atoms with Gasteiger partial charge in [0.2, 0.25) is 0 Å². The molecule has 34 heavy (non-hydrogen) atoms. The molecule has 6 rings (SSSR count). The van der Waals surface area contributed by atoms with Crippen molar-refractivity contribution in [2.75, 3.05) is 0 Å². The fourth-order valence-corrected chi connectivity index (χ4v) is 3.60. The van der Waals surface area contributed by atoms with Crippen LogP contribution in [0.1, 0.15) is 33.1 Å². The van der Waals surface area contributed by atoms with Crippen molar-refractivity contribution in [2.24, 2.45) is 0 Å². The number of carbonyl (C=O) groups is 1.